The lowest BCUT2D eigenvalue weighted by molar-refractivity contribution is 0.535. The summed E-state index contributed by atoms with van der Waals surface area (Å²) in [4.78, 5) is 6.04. The molecule has 3 heterocycles. The predicted molar refractivity (Wildman–Crippen MR) is 60.0 cm³/mol. The molecular weight excluding hydrogens is 208 g/mol. The molecule has 1 aliphatic heterocycles. The molecule has 0 aliphatic carbocycles. The van der Waals surface area contributed by atoms with E-state index in [-0.39, 0.29) is 0 Å². The second kappa shape index (κ2) is 3.47. The molecule has 4 heteroatoms. The summed E-state index contributed by atoms with van der Waals surface area (Å²) in [6.45, 7) is 3.98. The van der Waals surface area contributed by atoms with Gasteiger partial charge in [0.05, 0.1) is 17.5 Å². The Balaban J connectivity index is 2.06. The van der Waals surface area contributed by atoms with Crippen LogP contribution in [0.25, 0.3) is 10.6 Å². The third-order valence-corrected chi connectivity index (χ3v) is 3.82. The van der Waals surface area contributed by atoms with Crippen molar-refractivity contribution in [2.24, 2.45) is 0 Å². The number of nitrogens with one attached hydrogen (secondary N) is 1. The fraction of sp³-hybridized carbons (Fsp3) is 0.364. The maximum absolute atomic E-state index is 5.30. The molecular formula is C11H12N2OS. The Morgan fingerprint density at radius 3 is 3.20 bits per heavy atom. The lowest BCUT2D eigenvalue weighted by atomic mass is 10.2. The molecule has 0 aromatic carbocycles. The largest absolute Gasteiger partial charge is 0.469 e. The van der Waals surface area contributed by atoms with Gasteiger partial charge in [0, 0.05) is 24.4 Å². The van der Waals surface area contributed by atoms with Crippen LogP contribution in [0.15, 0.2) is 16.7 Å². The molecule has 0 atom stereocenters. The van der Waals surface area contributed by atoms with E-state index in [4.69, 9.17) is 4.42 Å². The van der Waals surface area contributed by atoms with E-state index >= 15 is 0 Å². The summed E-state index contributed by atoms with van der Waals surface area (Å²) < 4.78 is 5.30. The van der Waals surface area contributed by atoms with Crippen LogP contribution in [0.2, 0.25) is 0 Å². The minimum Gasteiger partial charge on any atom is -0.469 e. The number of thiazole rings is 1. The van der Waals surface area contributed by atoms with Gasteiger partial charge in [-0.1, -0.05) is 0 Å². The molecule has 0 unspecified atom stereocenters. The first-order valence-electron chi connectivity index (χ1n) is 5.08. The molecule has 0 saturated heterocycles. The zero-order valence-electron chi connectivity index (χ0n) is 8.54. The Morgan fingerprint density at radius 1 is 1.53 bits per heavy atom. The summed E-state index contributed by atoms with van der Waals surface area (Å²) in [5.41, 5.74) is 2.39. The van der Waals surface area contributed by atoms with Crippen molar-refractivity contribution in [1.29, 1.82) is 0 Å². The summed E-state index contributed by atoms with van der Waals surface area (Å²) in [6, 6.07) is 1.99. The number of furan rings is 1. The molecule has 3 nitrogen and oxygen atoms in total. The third kappa shape index (κ3) is 1.50. The molecule has 0 fully saturated rings. The van der Waals surface area contributed by atoms with Crippen molar-refractivity contribution in [2.45, 2.75) is 19.9 Å². The SMILES string of the molecule is Cc1occc1-c1nc2c(s1)CNCC2. The van der Waals surface area contributed by atoms with Crippen LogP contribution in [0.4, 0.5) is 0 Å². The van der Waals surface area contributed by atoms with E-state index in [1.54, 1.807) is 17.6 Å². The van der Waals surface area contributed by atoms with Gasteiger partial charge in [-0.15, -0.1) is 11.3 Å². The van der Waals surface area contributed by atoms with Crippen molar-refractivity contribution >= 4 is 11.3 Å². The predicted octanol–water partition coefficient (Wildman–Crippen LogP) is 2.36. The molecule has 2 aromatic rings. The van der Waals surface area contributed by atoms with Crippen molar-refractivity contribution < 1.29 is 4.42 Å². The highest BCUT2D eigenvalue weighted by molar-refractivity contribution is 7.15. The molecule has 2 aromatic heterocycles. The first-order chi connectivity index (χ1) is 7.34. The van der Waals surface area contributed by atoms with Crippen LogP contribution < -0.4 is 5.32 Å². The highest BCUT2D eigenvalue weighted by Gasteiger charge is 2.17. The molecule has 15 heavy (non-hydrogen) atoms. The molecule has 0 bridgehead atoms. The average Bonchev–Trinajstić information content (AvgIpc) is 2.82. The van der Waals surface area contributed by atoms with Crippen molar-refractivity contribution in [3.05, 3.63) is 28.7 Å². The Bertz CT molecular complexity index is 463. The fourth-order valence-electron chi connectivity index (χ4n) is 1.85. The lowest BCUT2D eigenvalue weighted by Gasteiger charge is -2.09. The first kappa shape index (κ1) is 9.12. The van der Waals surface area contributed by atoms with E-state index in [1.807, 2.05) is 13.0 Å². The molecule has 1 aliphatic rings. The van der Waals surface area contributed by atoms with Crippen LogP contribution in [0.3, 0.4) is 0 Å². The highest BCUT2D eigenvalue weighted by atomic mass is 32.1. The van der Waals surface area contributed by atoms with E-state index in [0.717, 1.165) is 35.8 Å². The average molecular weight is 220 g/mol. The molecule has 0 spiro atoms. The fourth-order valence-corrected chi connectivity index (χ4v) is 3.00. The van der Waals surface area contributed by atoms with Crippen molar-refractivity contribution in [3.8, 4) is 10.6 Å². The van der Waals surface area contributed by atoms with Gasteiger partial charge in [0.15, 0.2) is 0 Å². The first-order valence-corrected chi connectivity index (χ1v) is 5.90. The minimum absolute atomic E-state index is 0.953. The topological polar surface area (TPSA) is 38.1 Å². The van der Waals surface area contributed by atoms with Crippen LogP contribution >= 0.6 is 11.3 Å². The lowest BCUT2D eigenvalue weighted by Crippen LogP contribution is -2.22. The van der Waals surface area contributed by atoms with Crippen LogP contribution in [-0.4, -0.2) is 11.5 Å². The summed E-state index contributed by atoms with van der Waals surface area (Å²) >= 11 is 1.77. The maximum atomic E-state index is 5.30. The molecule has 0 saturated carbocycles. The Morgan fingerprint density at radius 2 is 2.47 bits per heavy atom. The summed E-state index contributed by atoms with van der Waals surface area (Å²) in [5, 5.41) is 4.45. The van der Waals surface area contributed by atoms with Gasteiger partial charge in [-0.05, 0) is 13.0 Å². The number of aromatic nitrogens is 1. The minimum atomic E-state index is 0.953. The zero-order valence-corrected chi connectivity index (χ0v) is 9.36. The highest BCUT2D eigenvalue weighted by Crippen LogP contribution is 2.31. The van der Waals surface area contributed by atoms with Crippen molar-refractivity contribution in [3.63, 3.8) is 0 Å². The van der Waals surface area contributed by atoms with Crippen LogP contribution in [-0.2, 0) is 13.0 Å². The van der Waals surface area contributed by atoms with Gasteiger partial charge < -0.3 is 9.73 Å². The zero-order chi connectivity index (χ0) is 10.3. The quantitative estimate of drug-likeness (QED) is 0.801. The maximum Gasteiger partial charge on any atom is 0.127 e. The summed E-state index contributed by atoms with van der Waals surface area (Å²) in [6.07, 6.45) is 2.77. The summed E-state index contributed by atoms with van der Waals surface area (Å²) in [7, 11) is 0. The van der Waals surface area contributed by atoms with E-state index < -0.39 is 0 Å². The van der Waals surface area contributed by atoms with E-state index in [0.29, 0.717) is 0 Å². The number of hydrogen-bond acceptors (Lipinski definition) is 4. The number of aryl methyl sites for hydroxylation is 1. The van der Waals surface area contributed by atoms with Gasteiger partial charge in [-0.2, -0.15) is 0 Å². The van der Waals surface area contributed by atoms with Gasteiger partial charge in [0.2, 0.25) is 0 Å². The Labute approximate surface area is 92.1 Å². The molecule has 3 rings (SSSR count). The molecule has 0 amide bonds. The van der Waals surface area contributed by atoms with Gasteiger partial charge in [-0.3, -0.25) is 0 Å². The normalized spacial score (nSPS) is 15.3. The van der Waals surface area contributed by atoms with E-state index in [2.05, 4.69) is 10.3 Å². The van der Waals surface area contributed by atoms with E-state index in [1.165, 1.54) is 10.6 Å². The molecule has 1 N–H and O–H groups in total. The van der Waals surface area contributed by atoms with Crippen LogP contribution in [0.5, 0.6) is 0 Å². The van der Waals surface area contributed by atoms with Crippen LogP contribution in [0, 0.1) is 6.92 Å². The Kier molecular flexibility index (Phi) is 2.11. The second-order valence-corrected chi connectivity index (χ2v) is 4.79. The third-order valence-electron chi connectivity index (χ3n) is 2.69. The number of hydrogen-bond donors (Lipinski definition) is 1. The van der Waals surface area contributed by atoms with E-state index in [9.17, 15) is 0 Å². The number of nitrogens with zero attached hydrogens (tertiary/aromatic N) is 1. The van der Waals surface area contributed by atoms with Crippen LogP contribution in [0.1, 0.15) is 16.3 Å². The number of rotatable bonds is 1. The second-order valence-electron chi connectivity index (χ2n) is 3.71. The van der Waals surface area contributed by atoms with Crippen molar-refractivity contribution in [1.82, 2.24) is 10.3 Å². The van der Waals surface area contributed by atoms with Crippen molar-refractivity contribution in [2.75, 3.05) is 6.54 Å². The smallest absolute Gasteiger partial charge is 0.127 e. The van der Waals surface area contributed by atoms with Gasteiger partial charge in [0.25, 0.3) is 0 Å². The standard InChI is InChI=1S/C11H12N2OS/c1-7-8(3-5-14-7)11-13-9-2-4-12-6-10(9)15-11/h3,5,12H,2,4,6H2,1H3. The summed E-state index contributed by atoms with van der Waals surface area (Å²) in [5.74, 6) is 0.953. The molecule has 0 radical (unpaired) electrons. The molecule has 78 valence electrons. The van der Waals surface area contributed by atoms with Gasteiger partial charge in [-0.25, -0.2) is 4.98 Å². The number of fused-ring (bicyclic) bond motifs is 1. The van der Waals surface area contributed by atoms with Gasteiger partial charge >= 0.3 is 0 Å². The Hall–Kier alpha value is -1.13. The van der Waals surface area contributed by atoms with Gasteiger partial charge in [0.1, 0.15) is 10.8 Å². The monoisotopic (exact) mass is 220 g/mol.